The third-order valence-electron chi connectivity index (χ3n) is 6.93. The molecule has 3 aliphatic rings. The zero-order chi connectivity index (χ0) is 29.2. The monoisotopic (exact) mass is 584 g/mol. The van der Waals surface area contributed by atoms with Gasteiger partial charge in [-0.2, -0.15) is 26.3 Å². The third kappa shape index (κ3) is 6.87. The van der Waals surface area contributed by atoms with Gasteiger partial charge in [0.1, 0.15) is 0 Å². The van der Waals surface area contributed by atoms with Crippen molar-refractivity contribution in [1.82, 2.24) is 26.1 Å². The highest BCUT2D eigenvalue weighted by Crippen LogP contribution is 2.38. The Morgan fingerprint density at radius 2 is 2.02 bits per heavy atom. The van der Waals surface area contributed by atoms with E-state index in [4.69, 9.17) is 9.47 Å². The van der Waals surface area contributed by atoms with E-state index < -0.39 is 60.4 Å². The van der Waals surface area contributed by atoms with Crippen LogP contribution in [-0.2, 0) is 20.5 Å². The molecule has 4 rings (SSSR count). The summed E-state index contributed by atoms with van der Waals surface area (Å²) in [5.74, 6) is -3.79. The third-order valence-corrected chi connectivity index (χ3v) is 6.93. The second-order valence-electron chi connectivity index (χ2n) is 9.93. The molecule has 2 saturated heterocycles. The molecule has 0 bridgehead atoms. The fourth-order valence-electron chi connectivity index (χ4n) is 5.01. The molecule has 1 aromatic heterocycles. The molecule has 5 atom stereocenters. The van der Waals surface area contributed by atoms with Crippen LogP contribution in [0.25, 0.3) is 0 Å². The molecular weight excluding hydrogens is 554 g/mol. The predicted octanol–water partition coefficient (Wildman–Crippen LogP) is 0.437. The zero-order valence-electron chi connectivity index (χ0n) is 21.4. The van der Waals surface area contributed by atoms with Crippen molar-refractivity contribution in [3.05, 3.63) is 17.8 Å². The van der Waals surface area contributed by atoms with Gasteiger partial charge in [0, 0.05) is 50.9 Å². The quantitative estimate of drug-likeness (QED) is 0.338. The number of ether oxygens (including phenoxy) is 2. The first-order valence-electron chi connectivity index (χ1n) is 12.6. The Kier molecular flexibility index (Phi) is 8.96. The predicted molar refractivity (Wildman–Crippen MR) is 126 cm³/mol. The maximum absolute atomic E-state index is 13.3. The van der Waals surface area contributed by atoms with Gasteiger partial charge in [0.15, 0.2) is 23.6 Å². The Morgan fingerprint density at radius 1 is 1.27 bits per heavy atom. The fraction of sp³-hybridized carbons (Fsp3) is 0.696. The molecule has 0 spiro atoms. The van der Waals surface area contributed by atoms with E-state index in [0.29, 0.717) is 6.42 Å². The van der Waals surface area contributed by atoms with Crippen molar-refractivity contribution in [2.24, 2.45) is 5.92 Å². The van der Waals surface area contributed by atoms with Crippen LogP contribution in [0.2, 0.25) is 0 Å². The molecule has 4 heterocycles. The van der Waals surface area contributed by atoms with E-state index in [1.807, 2.05) is 5.43 Å². The SMILES string of the molecule is C[C@@H](COC[C@@H](O)C(=O)N1CCN2c3ncc(C(F)(F)F)cc3OCC[C@H]2C1)NC1CNNC(=O)C1C(F)(F)F. The summed E-state index contributed by atoms with van der Waals surface area (Å²) < 4.78 is 89.9. The Balaban J connectivity index is 1.27. The summed E-state index contributed by atoms with van der Waals surface area (Å²) in [6, 6.07) is -1.27. The summed E-state index contributed by atoms with van der Waals surface area (Å²) in [5.41, 5.74) is 3.45. The summed E-state index contributed by atoms with van der Waals surface area (Å²) in [6.07, 6.45) is -9.70. The Labute approximate surface area is 225 Å². The first-order valence-corrected chi connectivity index (χ1v) is 12.6. The number of hydrazine groups is 1. The lowest BCUT2D eigenvalue weighted by Gasteiger charge is -2.41. The number of rotatable bonds is 7. The molecule has 0 radical (unpaired) electrons. The van der Waals surface area contributed by atoms with E-state index in [1.54, 1.807) is 11.8 Å². The van der Waals surface area contributed by atoms with E-state index in [1.165, 1.54) is 4.90 Å². The summed E-state index contributed by atoms with van der Waals surface area (Å²) in [7, 11) is 0. The number of alkyl halides is 6. The first-order chi connectivity index (χ1) is 18.8. The van der Waals surface area contributed by atoms with E-state index >= 15 is 0 Å². The Morgan fingerprint density at radius 3 is 2.73 bits per heavy atom. The van der Waals surface area contributed by atoms with Gasteiger partial charge >= 0.3 is 12.4 Å². The minimum absolute atomic E-state index is 0.0134. The molecule has 224 valence electrons. The number of fused-ring (bicyclic) bond motifs is 3. The summed E-state index contributed by atoms with van der Waals surface area (Å²) in [4.78, 5) is 31.7. The number of anilines is 1. The summed E-state index contributed by atoms with van der Waals surface area (Å²) in [6.45, 7) is 1.55. The molecule has 2 fully saturated rings. The van der Waals surface area contributed by atoms with Crippen molar-refractivity contribution >= 4 is 17.6 Å². The summed E-state index contributed by atoms with van der Waals surface area (Å²) >= 11 is 0. The van der Waals surface area contributed by atoms with Crippen LogP contribution in [0.4, 0.5) is 32.2 Å². The molecule has 2 amide bonds. The number of amides is 2. The lowest BCUT2D eigenvalue weighted by atomic mass is 9.96. The van der Waals surface area contributed by atoms with Gasteiger partial charge in [-0.05, 0) is 13.0 Å². The molecule has 1 aromatic rings. The second kappa shape index (κ2) is 11.9. The molecule has 0 saturated carbocycles. The zero-order valence-corrected chi connectivity index (χ0v) is 21.4. The highest BCUT2D eigenvalue weighted by atomic mass is 19.4. The van der Waals surface area contributed by atoms with Gasteiger partial charge < -0.3 is 29.7 Å². The number of hydrogen-bond donors (Lipinski definition) is 4. The van der Waals surface area contributed by atoms with Crippen LogP contribution in [0.5, 0.6) is 5.75 Å². The van der Waals surface area contributed by atoms with Crippen LogP contribution < -0.4 is 25.8 Å². The first kappa shape index (κ1) is 30.1. The average molecular weight is 585 g/mol. The molecule has 11 nitrogen and oxygen atoms in total. The van der Waals surface area contributed by atoms with Crippen LogP contribution in [-0.4, -0.2) is 103 Å². The van der Waals surface area contributed by atoms with Crippen molar-refractivity contribution in [2.45, 2.75) is 49.9 Å². The van der Waals surface area contributed by atoms with Crippen molar-refractivity contribution in [2.75, 3.05) is 50.9 Å². The largest absolute Gasteiger partial charge is 0.490 e. The number of halogens is 6. The van der Waals surface area contributed by atoms with Crippen molar-refractivity contribution in [3.63, 3.8) is 0 Å². The van der Waals surface area contributed by atoms with Gasteiger partial charge in [-0.25, -0.2) is 10.4 Å². The average Bonchev–Trinajstić information content (AvgIpc) is 3.05. The standard InChI is InChI=1S/C23H30F6N6O5/c1-12(32-15-8-31-33-20(37)18(15)23(27,28)29)10-39-11-16(36)21(38)34-3-4-35-14(9-34)2-5-40-17-6-13(22(24,25)26)7-30-19(17)35/h6-7,12,14-16,18,31-32,36H,2-5,8-11H2,1H3,(H,33,37)/t12-,14-,15?,16+,18?/m0/s1. The number of nitrogens with zero attached hydrogens (tertiary/aromatic N) is 3. The van der Waals surface area contributed by atoms with Crippen molar-refractivity contribution in [1.29, 1.82) is 0 Å². The smallest absolute Gasteiger partial charge is 0.418 e. The topological polar surface area (TPSA) is 128 Å². The lowest BCUT2D eigenvalue weighted by molar-refractivity contribution is -0.193. The van der Waals surface area contributed by atoms with Gasteiger partial charge in [-0.1, -0.05) is 0 Å². The van der Waals surface area contributed by atoms with Crippen LogP contribution in [0.3, 0.4) is 0 Å². The number of aliphatic hydroxyl groups is 1. The molecule has 3 aliphatic heterocycles. The normalized spacial score (nSPS) is 25.2. The molecule has 4 N–H and O–H groups in total. The highest BCUT2D eigenvalue weighted by molar-refractivity contribution is 5.81. The van der Waals surface area contributed by atoms with Crippen LogP contribution >= 0.6 is 0 Å². The van der Waals surface area contributed by atoms with E-state index in [0.717, 1.165) is 12.3 Å². The molecule has 17 heteroatoms. The van der Waals surface area contributed by atoms with Gasteiger partial charge in [0.05, 0.1) is 31.4 Å². The highest BCUT2D eigenvalue weighted by Gasteiger charge is 2.51. The lowest BCUT2D eigenvalue weighted by Crippen LogP contribution is -2.65. The number of nitrogens with one attached hydrogen (secondary N) is 3. The van der Waals surface area contributed by atoms with Crippen LogP contribution in [0.1, 0.15) is 18.9 Å². The minimum Gasteiger partial charge on any atom is -0.490 e. The number of piperazine rings is 1. The van der Waals surface area contributed by atoms with E-state index in [9.17, 15) is 41.0 Å². The van der Waals surface area contributed by atoms with E-state index in [-0.39, 0.29) is 57.0 Å². The van der Waals surface area contributed by atoms with Gasteiger partial charge in [0.2, 0.25) is 5.91 Å². The molecule has 0 aliphatic carbocycles. The van der Waals surface area contributed by atoms with Gasteiger partial charge in [0.25, 0.3) is 5.91 Å². The maximum Gasteiger partial charge on any atom is 0.418 e. The van der Waals surface area contributed by atoms with Gasteiger partial charge in [-0.3, -0.25) is 15.0 Å². The van der Waals surface area contributed by atoms with E-state index in [2.05, 4.69) is 15.7 Å². The molecular formula is C23H30F6N6O5. The minimum atomic E-state index is -4.75. The van der Waals surface area contributed by atoms with Crippen LogP contribution in [0.15, 0.2) is 12.3 Å². The molecule has 40 heavy (non-hydrogen) atoms. The Bertz CT molecular complexity index is 1080. The number of carbonyl (C=O) groups is 2. The number of aromatic nitrogens is 1. The summed E-state index contributed by atoms with van der Waals surface area (Å²) in [5, 5.41) is 13.1. The van der Waals surface area contributed by atoms with Crippen LogP contribution in [0, 0.1) is 5.92 Å². The molecule has 0 aromatic carbocycles. The second-order valence-corrected chi connectivity index (χ2v) is 9.93. The number of hydrogen-bond acceptors (Lipinski definition) is 9. The Hall–Kier alpha value is -2.89. The maximum atomic E-state index is 13.3. The number of aliphatic hydroxyl groups excluding tert-OH is 1. The fourth-order valence-corrected chi connectivity index (χ4v) is 5.01. The number of carbonyl (C=O) groups excluding carboxylic acids is 2. The molecule has 2 unspecified atom stereocenters. The number of pyridine rings is 1. The van der Waals surface area contributed by atoms with Crippen molar-refractivity contribution < 1.29 is 50.5 Å². The van der Waals surface area contributed by atoms with Crippen molar-refractivity contribution in [3.8, 4) is 5.75 Å². The van der Waals surface area contributed by atoms with Gasteiger partial charge in [-0.15, -0.1) is 0 Å².